The van der Waals surface area contributed by atoms with Gasteiger partial charge in [0, 0.05) is 6.20 Å². The number of aromatic amines is 1. The van der Waals surface area contributed by atoms with E-state index in [4.69, 9.17) is 0 Å². The third-order valence-corrected chi connectivity index (χ3v) is 3.12. The molecule has 90 valence electrons. The summed E-state index contributed by atoms with van der Waals surface area (Å²) in [6.07, 6.45) is 3.49. The summed E-state index contributed by atoms with van der Waals surface area (Å²) in [5.41, 5.74) is 6.18. The van der Waals surface area contributed by atoms with Gasteiger partial charge in [-0.2, -0.15) is 0 Å². The molecule has 3 aromatic rings. The van der Waals surface area contributed by atoms with Crippen LogP contribution in [0.15, 0.2) is 24.5 Å². The molecule has 1 aromatic carbocycles. The van der Waals surface area contributed by atoms with E-state index in [9.17, 15) is 0 Å². The van der Waals surface area contributed by atoms with Crippen LogP contribution in [0.25, 0.3) is 22.6 Å². The van der Waals surface area contributed by atoms with Gasteiger partial charge < -0.3 is 4.98 Å². The lowest BCUT2D eigenvalue weighted by atomic mass is 10.1. The standard InChI is InChI=1S/C14H14N4/c1-8-4-11-12(5-9(8)2)18-14(17-11)13-7-15-10(3)6-16-13/h4-7H,1-3H3,(H,17,18). The molecule has 0 radical (unpaired) electrons. The number of nitrogens with one attached hydrogen (secondary N) is 1. The molecule has 0 spiro atoms. The molecule has 3 rings (SSSR count). The fourth-order valence-corrected chi connectivity index (χ4v) is 1.91. The number of rotatable bonds is 1. The molecule has 2 heterocycles. The zero-order valence-corrected chi connectivity index (χ0v) is 10.7. The summed E-state index contributed by atoms with van der Waals surface area (Å²) in [4.78, 5) is 16.4. The molecule has 0 atom stereocenters. The van der Waals surface area contributed by atoms with Gasteiger partial charge in [-0.25, -0.2) is 9.97 Å². The maximum Gasteiger partial charge on any atom is 0.158 e. The highest BCUT2D eigenvalue weighted by Gasteiger charge is 2.07. The maximum absolute atomic E-state index is 4.56. The fourth-order valence-electron chi connectivity index (χ4n) is 1.91. The topological polar surface area (TPSA) is 54.5 Å². The van der Waals surface area contributed by atoms with Crippen LogP contribution in [0.3, 0.4) is 0 Å². The average Bonchev–Trinajstić information content (AvgIpc) is 2.73. The molecule has 0 saturated carbocycles. The Morgan fingerprint density at radius 3 is 2.44 bits per heavy atom. The number of hydrogen-bond donors (Lipinski definition) is 1. The molecule has 0 aliphatic carbocycles. The van der Waals surface area contributed by atoms with Crippen molar-refractivity contribution in [3.63, 3.8) is 0 Å². The van der Waals surface area contributed by atoms with Crippen molar-refractivity contribution in [1.82, 2.24) is 19.9 Å². The van der Waals surface area contributed by atoms with E-state index in [1.54, 1.807) is 12.4 Å². The largest absolute Gasteiger partial charge is 0.337 e. The predicted molar refractivity (Wildman–Crippen MR) is 71.3 cm³/mol. The van der Waals surface area contributed by atoms with Gasteiger partial charge in [-0.05, 0) is 44.0 Å². The molecule has 4 nitrogen and oxygen atoms in total. The number of aryl methyl sites for hydroxylation is 3. The van der Waals surface area contributed by atoms with Gasteiger partial charge in [-0.1, -0.05) is 0 Å². The number of nitrogens with zero attached hydrogens (tertiary/aromatic N) is 3. The Balaban J connectivity index is 2.16. The molecule has 0 unspecified atom stereocenters. The Hall–Kier alpha value is -2.23. The van der Waals surface area contributed by atoms with Crippen molar-refractivity contribution in [1.29, 1.82) is 0 Å². The quantitative estimate of drug-likeness (QED) is 0.709. The molecule has 2 aromatic heterocycles. The summed E-state index contributed by atoms with van der Waals surface area (Å²) in [7, 11) is 0. The summed E-state index contributed by atoms with van der Waals surface area (Å²) in [6, 6.07) is 4.20. The molecule has 0 fully saturated rings. The van der Waals surface area contributed by atoms with Crippen molar-refractivity contribution in [3.05, 3.63) is 41.3 Å². The molecule has 0 aliphatic rings. The smallest absolute Gasteiger partial charge is 0.158 e. The monoisotopic (exact) mass is 238 g/mol. The van der Waals surface area contributed by atoms with Crippen molar-refractivity contribution in [3.8, 4) is 11.5 Å². The minimum absolute atomic E-state index is 0.766. The zero-order chi connectivity index (χ0) is 12.7. The zero-order valence-electron chi connectivity index (χ0n) is 10.7. The third-order valence-electron chi connectivity index (χ3n) is 3.12. The Kier molecular flexibility index (Phi) is 2.37. The van der Waals surface area contributed by atoms with E-state index in [-0.39, 0.29) is 0 Å². The number of benzene rings is 1. The van der Waals surface area contributed by atoms with Crippen LogP contribution in [0.2, 0.25) is 0 Å². The summed E-state index contributed by atoms with van der Waals surface area (Å²) < 4.78 is 0. The van der Waals surface area contributed by atoms with E-state index in [2.05, 4.69) is 45.9 Å². The van der Waals surface area contributed by atoms with Crippen LogP contribution < -0.4 is 0 Å². The number of imidazole rings is 1. The van der Waals surface area contributed by atoms with Gasteiger partial charge in [0.25, 0.3) is 0 Å². The van der Waals surface area contributed by atoms with Crippen LogP contribution in [-0.2, 0) is 0 Å². The van der Waals surface area contributed by atoms with Crippen LogP contribution in [0.1, 0.15) is 16.8 Å². The molecule has 0 amide bonds. The summed E-state index contributed by atoms with van der Waals surface area (Å²) in [5, 5.41) is 0. The lowest BCUT2D eigenvalue weighted by Gasteiger charge is -1.97. The minimum Gasteiger partial charge on any atom is -0.337 e. The van der Waals surface area contributed by atoms with E-state index in [1.165, 1.54) is 11.1 Å². The summed E-state index contributed by atoms with van der Waals surface area (Å²) >= 11 is 0. The number of aromatic nitrogens is 4. The van der Waals surface area contributed by atoms with Crippen LogP contribution >= 0.6 is 0 Å². The third kappa shape index (κ3) is 1.76. The Bertz CT molecular complexity index is 671. The van der Waals surface area contributed by atoms with Crippen molar-refractivity contribution in [2.75, 3.05) is 0 Å². The molecule has 0 bridgehead atoms. The highest BCUT2D eigenvalue weighted by atomic mass is 15.0. The van der Waals surface area contributed by atoms with Crippen molar-refractivity contribution < 1.29 is 0 Å². The Morgan fingerprint density at radius 2 is 1.72 bits per heavy atom. The Labute approximate surface area is 105 Å². The molecule has 0 aliphatic heterocycles. The Morgan fingerprint density at radius 1 is 0.944 bits per heavy atom. The van der Waals surface area contributed by atoms with Gasteiger partial charge >= 0.3 is 0 Å². The normalized spacial score (nSPS) is 11.1. The second-order valence-electron chi connectivity index (χ2n) is 4.58. The first-order chi connectivity index (χ1) is 8.63. The molecular formula is C14H14N4. The molecule has 18 heavy (non-hydrogen) atoms. The lowest BCUT2D eigenvalue weighted by Crippen LogP contribution is -1.89. The SMILES string of the molecule is Cc1cnc(-c2nc3cc(C)c(C)cc3[nH]2)cn1. The van der Waals surface area contributed by atoms with Crippen molar-refractivity contribution in [2.45, 2.75) is 20.8 Å². The van der Waals surface area contributed by atoms with Crippen LogP contribution in [0, 0.1) is 20.8 Å². The highest BCUT2D eigenvalue weighted by molar-refractivity contribution is 5.80. The van der Waals surface area contributed by atoms with E-state index >= 15 is 0 Å². The fraction of sp³-hybridized carbons (Fsp3) is 0.214. The first-order valence-electron chi connectivity index (χ1n) is 5.89. The molecule has 4 heteroatoms. The number of H-pyrrole nitrogens is 1. The van der Waals surface area contributed by atoms with Gasteiger partial charge in [-0.3, -0.25) is 4.98 Å². The van der Waals surface area contributed by atoms with Crippen molar-refractivity contribution in [2.24, 2.45) is 0 Å². The predicted octanol–water partition coefficient (Wildman–Crippen LogP) is 2.95. The van der Waals surface area contributed by atoms with Gasteiger partial charge in [0.2, 0.25) is 0 Å². The number of fused-ring (bicyclic) bond motifs is 1. The van der Waals surface area contributed by atoms with E-state index in [1.807, 2.05) is 6.92 Å². The molecular weight excluding hydrogens is 224 g/mol. The van der Waals surface area contributed by atoms with E-state index in [0.717, 1.165) is 28.2 Å². The molecule has 0 saturated heterocycles. The molecule has 1 N–H and O–H groups in total. The minimum atomic E-state index is 0.766. The van der Waals surface area contributed by atoms with Crippen LogP contribution in [-0.4, -0.2) is 19.9 Å². The lowest BCUT2D eigenvalue weighted by molar-refractivity contribution is 1.10. The average molecular weight is 238 g/mol. The second-order valence-corrected chi connectivity index (χ2v) is 4.58. The summed E-state index contributed by atoms with van der Waals surface area (Å²) in [6.45, 7) is 6.11. The van der Waals surface area contributed by atoms with Crippen molar-refractivity contribution >= 4 is 11.0 Å². The van der Waals surface area contributed by atoms with Gasteiger partial charge in [0.15, 0.2) is 5.82 Å². The van der Waals surface area contributed by atoms with Crippen LogP contribution in [0.4, 0.5) is 0 Å². The van der Waals surface area contributed by atoms with Gasteiger partial charge in [0.1, 0.15) is 5.69 Å². The maximum atomic E-state index is 4.56. The van der Waals surface area contributed by atoms with E-state index in [0.29, 0.717) is 0 Å². The highest BCUT2D eigenvalue weighted by Crippen LogP contribution is 2.21. The first-order valence-corrected chi connectivity index (χ1v) is 5.89. The second kappa shape index (κ2) is 3.91. The van der Waals surface area contributed by atoms with Gasteiger partial charge in [0.05, 0.1) is 22.9 Å². The van der Waals surface area contributed by atoms with E-state index < -0.39 is 0 Å². The summed E-state index contributed by atoms with van der Waals surface area (Å²) in [5.74, 6) is 0.766. The first kappa shape index (κ1) is 10.9. The van der Waals surface area contributed by atoms with Crippen LogP contribution in [0.5, 0.6) is 0 Å². The van der Waals surface area contributed by atoms with Gasteiger partial charge in [-0.15, -0.1) is 0 Å². The number of hydrogen-bond acceptors (Lipinski definition) is 3.